The van der Waals surface area contributed by atoms with E-state index in [0.717, 1.165) is 0 Å². The summed E-state index contributed by atoms with van der Waals surface area (Å²) in [6.45, 7) is 7.34. The van der Waals surface area contributed by atoms with Crippen LogP contribution in [0.25, 0.3) is 21.9 Å². The Kier molecular flexibility index (Phi) is 5.17. The van der Waals surface area contributed by atoms with Crippen LogP contribution in [-0.4, -0.2) is 27.0 Å². The van der Waals surface area contributed by atoms with Gasteiger partial charge in [0.25, 0.3) is 0 Å². The summed E-state index contributed by atoms with van der Waals surface area (Å²) >= 11 is -1.40. The van der Waals surface area contributed by atoms with Crippen molar-refractivity contribution >= 4 is 39.1 Å². The Hall–Kier alpha value is -2.51. The Balaban J connectivity index is 2.39. The smallest absolute Gasteiger partial charge is 0.335 e. The molecule has 0 spiro atoms. The van der Waals surface area contributed by atoms with E-state index in [1.807, 2.05) is 27.7 Å². The van der Waals surface area contributed by atoms with Gasteiger partial charge < -0.3 is 18.8 Å². The fourth-order valence-corrected chi connectivity index (χ4v) is 3.85. The number of carbonyl (C=O) groups is 1. The molecule has 1 N–H and O–H groups in total. The number of carboxylic acids is 1. The second-order valence-corrected chi connectivity index (χ2v) is 8.74. The van der Waals surface area contributed by atoms with E-state index in [4.69, 9.17) is 9.15 Å². The first kappa shape index (κ1) is 19.3. The third-order valence-electron chi connectivity index (χ3n) is 3.97. The van der Waals surface area contributed by atoms with Crippen LogP contribution in [-0.2, 0) is 11.2 Å². The van der Waals surface area contributed by atoms with Gasteiger partial charge in [0.15, 0.2) is 10.5 Å². The minimum absolute atomic E-state index is 0.00489. The average Bonchev–Trinajstić information content (AvgIpc) is 2.60. The SMILES string of the molecule is CC(C)Oc1cc([S+]([O-])C(C)C)c2oc3ccc(C(=O)O)cc3c(=O)c2c1. The van der Waals surface area contributed by atoms with Gasteiger partial charge in [0.2, 0.25) is 5.43 Å². The molecule has 0 amide bonds. The van der Waals surface area contributed by atoms with Gasteiger partial charge in [-0.05, 0) is 63.1 Å². The highest BCUT2D eigenvalue weighted by molar-refractivity contribution is 7.92. The zero-order valence-corrected chi connectivity index (χ0v) is 16.3. The van der Waals surface area contributed by atoms with Crippen molar-refractivity contribution in [3.63, 3.8) is 0 Å². The Bertz CT molecular complexity index is 1080. The molecule has 0 saturated carbocycles. The first-order valence-corrected chi connectivity index (χ1v) is 9.75. The van der Waals surface area contributed by atoms with Gasteiger partial charge in [-0.25, -0.2) is 4.79 Å². The van der Waals surface area contributed by atoms with Gasteiger partial charge >= 0.3 is 5.97 Å². The second-order valence-electron chi connectivity index (χ2n) is 6.76. The molecule has 3 aromatic rings. The summed E-state index contributed by atoms with van der Waals surface area (Å²) in [5.74, 6) is -0.711. The van der Waals surface area contributed by atoms with Crippen LogP contribution in [0.4, 0.5) is 0 Å². The molecule has 1 heterocycles. The molecule has 1 atom stereocenters. The third-order valence-corrected chi connectivity index (χ3v) is 5.57. The molecule has 0 saturated heterocycles. The summed E-state index contributed by atoms with van der Waals surface area (Å²) in [4.78, 5) is 24.6. The molecular weight excluding hydrogens is 368 g/mol. The maximum absolute atomic E-state index is 13.0. The highest BCUT2D eigenvalue weighted by atomic mass is 32.2. The average molecular weight is 388 g/mol. The minimum Gasteiger partial charge on any atom is -0.611 e. The molecule has 1 aromatic heterocycles. The van der Waals surface area contributed by atoms with Gasteiger partial charge in [-0.1, -0.05) is 0 Å². The predicted molar refractivity (Wildman–Crippen MR) is 104 cm³/mol. The van der Waals surface area contributed by atoms with Crippen molar-refractivity contribution in [3.05, 3.63) is 46.1 Å². The molecule has 27 heavy (non-hydrogen) atoms. The van der Waals surface area contributed by atoms with Crippen LogP contribution in [0.15, 0.2) is 44.4 Å². The van der Waals surface area contributed by atoms with Gasteiger partial charge in [-0.3, -0.25) is 4.79 Å². The molecule has 6 nitrogen and oxygen atoms in total. The maximum Gasteiger partial charge on any atom is 0.335 e. The highest BCUT2D eigenvalue weighted by Gasteiger charge is 2.25. The molecule has 7 heteroatoms. The lowest BCUT2D eigenvalue weighted by Crippen LogP contribution is -2.16. The molecule has 0 bridgehead atoms. The van der Waals surface area contributed by atoms with E-state index in [1.54, 1.807) is 12.1 Å². The molecule has 0 aliphatic carbocycles. The zero-order valence-electron chi connectivity index (χ0n) is 15.4. The van der Waals surface area contributed by atoms with Crippen molar-refractivity contribution in [2.45, 2.75) is 43.9 Å². The summed E-state index contributed by atoms with van der Waals surface area (Å²) < 4.78 is 24.4. The molecule has 0 radical (unpaired) electrons. The molecule has 0 aliphatic heterocycles. The van der Waals surface area contributed by atoms with E-state index in [-0.39, 0.29) is 44.3 Å². The molecule has 2 aromatic carbocycles. The van der Waals surface area contributed by atoms with Gasteiger partial charge in [0, 0.05) is 6.07 Å². The van der Waals surface area contributed by atoms with Crippen molar-refractivity contribution in [2.24, 2.45) is 0 Å². The summed E-state index contributed by atoms with van der Waals surface area (Å²) in [6, 6.07) is 7.29. The van der Waals surface area contributed by atoms with E-state index >= 15 is 0 Å². The van der Waals surface area contributed by atoms with Gasteiger partial charge in [0.1, 0.15) is 16.6 Å². The number of aromatic carboxylic acids is 1. The van der Waals surface area contributed by atoms with Crippen molar-refractivity contribution in [1.29, 1.82) is 0 Å². The van der Waals surface area contributed by atoms with Crippen LogP contribution in [0.2, 0.25) is 0 Å². The van der Waals surface area contributed by atoms with Crippen molar-refractivity contribution < 1.29 is 23.6 Å². The standard InChI is InChI=1S/C20H20O6S/c1-10(2)25-13-8-15-18(21)14-7-12(20(22)23)5-6-16(14)26-19(15)17(9-13)27(24)11(3)4/h5-11H,1-4H3,(H,22,23). The normalized spacial score (nSPS) is 12.9. The van der Waals surface area contributed by atoms with Gasteiger partial charge in [-0.15, -0.1) is 0 Å². The number of fused-ring (bicyclic) bond motifs is 2. The first-order chi connectivity index (χ1) is 12.7. The summed E-state index contributed by atoms with van der Waals surface area (Å²) in [7, 11) is 0. The molecule has 142 valence electrons. The largest absolute Gasteiger partial charge is 0.611 e. The Morgan fingerprint density at radius 3 is 2.44 bits per heavy atom. The fourth-order valence-electron chi connectivity index (χ4n) is 2.78. The first-order valence-electron chi connectivity index (χ1n) is 8.54. The lowest BCUT2D eigenvalue weighted by molar-refractivity contribution is 0.0697. The van der Waals surface area contributed by atoms with Crippen LogP contribution in [0, 0.1) is 0 Å². The van der Waals surface area contributed by atoms with Crippen molar-refractivity contribution in [2.75, 3.05) is 0 Å². The Morgan fingerprint density at radius 2 is 1.85 bits per heavy atom. The Morgan fingerprint density at radius 1 is 1.15 bits per heavy atom. The van der Waals surface area contributed by atoms with Crippen LogP contribution < -0.4 is 10.2 Å². The molecule has 3 rings (SSSR count). The van der Waals surface area contributed by atoms with Crippen LogP contribution in [0.1, 0.15) is 38.1 Å². The number of carboxylic acid groups (broad SMARTS) is 1. The van der Waals surface area contributed by atoms with Crippen LogP contribution in [0.5, 0.6) is 5.75 Å². The number of hydrogen-bond acceptors (Lipinski definition) is 5. The van der Waals surface area contributed by atoms with Crippen LogP contribution >= 0.6 is 0 Å². The van der Waals surface area contributed by atoms with E-state index < -0.39 is 17.1 Å². The number of hydrogen-bond donors (Lipinski definition) is 1. The summed E-state index contributed by atoms with van der Waals surface area (Å²) in [5, 5.41) is 9.37. The number of rotatable bonds is 5. The number of ether oxygens (including phenoxy) is 1. The van der Waals surface area contributed by atoms with Crippen molar-refractivity contribution in [1.82, 2.24) is 0 Å². The Labute approximate surface area is 158 Å². The van der Waals surface area contributed by atoms with Crippen LogP contribution in [0.3, 0.4) is 0 Å². The molecular formula is C20H20O6S. The van der Waals surface area contributed by atoms with E-state index in [2.05, 4.69) is 0 Å². The number of benzene rings is 2. The predicted octanol–water partition coefficient (Wildman–Crippen LogP) is 3.95. The molecule has 0 aliphatic rings. The molecule has 0 fully saturated rings. The summed E-state index contributed by atoms with van der Waals surface area (Å²) in [6.07, 6.45) is -0.131. The zero-order chi connectivity index (χ0) is 19.9. The topological polar surface area (TPSA) is 99.8 Å². The molecule has 1 unspecified atom stereocenters. The summed E-state index contributed by atoms with van der Waals surface area (Å²) in [5.41, 5.74) is 0.0935. The second kappa shape index (κ2) is 7.25. The fraction of sp³-hybridized carbons (Fsp3) is 0.300. The maximum atomic E-state index is 13.0. The van der Waals surface area contributed by atoms with Crippen molar-refractivity contribution in [3.8, 4) is 5.75 Å². The lowest BCUT2D eigenvalue weighted by atomic mass is 10.1. The van der Waals surface area contributed by atoms with Gasteiger partial charge in [0.05, 0.1) is 22.4 Å². The van der Waals surface area contributed by atoms with E-state index in [9.17, 15) is 19.2 Å². The quantitative estimate of drug-likeness (QED) is 0.525. The van der Waals surface area contributed by atoms with E-state index in [1.165, 1.54) is 18.2 Å². The van der Waals surface area contributed by atoms with Gasteiger partial charge in [-0.2, -0.15) is 0 Å². The monoisotopic (exact) mass is 388 g/mol. The lowest BCUT2D eigenvalue weighted by Gasteiger charge is -2.17. The third kappa shape index (κ3) is 3.65. The highest BCUT2D eigenvalue weighted by Crippen LogP contribution is 2.32. The minimum atomic E-state index is -1.40. The van der Waals surface area contributed by atoms with E-state index in [0.29, 0.717) is 10.6 Å².